The highest BCUT2D eigenvalue weighted by atomic mass is 16.6. The summed E-state index contributed by atoms with van der Waals surface area (Å²) >= 11 is 0. The third-order valence-electron chi connectivity index (χ3n) is 7.29. The standard InChI is InChI=1S/C36H52N6O9/c1-22-17-23-9-11-27(48-15-13-38-33(46)50-35(2,3)4)25(18-23)26-19-24(10-12-28(26)49-16-14-39-34(47)51-36(5,6)7)31(42(8)30(44)20-37)32(45)40-21-29(43)41-22/h9-12,18-19,22,31H,13-17,20-21,37H2,1-8H3,(H,38,46)(H,39,47)(H,40,45)(H,41,43). The number of carbonyl (C=O) groups is 5. The van der Waals surface area contributed by atoms with Gasteiger partial charge in [-0.2, -0.15) is 0 Å². The number of nitrogens with two attached hydrogens (primary N) is 1. The van der Waals surface area contributed by atoms with Gasteiger partial charge in [0.1, 0.15) is 42.0 Å². The summed E-state index contributed by atoms with van der Waals surface area (Å²) in [6.07, 6.45) is -0.712. The zero-order valence-corrected chi connectivity index (χ0v) is 30.8. The Morgan fingerprint density at radius 3 is 1.92 bits per heavy atom. The lowest BCUT2D eigenvalue weighted by molar-refractivity contribution is -0.138. The Hall–Kier alpha value is -5.05. The molecule has 4 bridgehead atoms. The van der Waals surface area contributed by atoms with Gasteiger partial charge in [-0.1, -0.05) is 12.1 Å². The van der Waals surface area contributed by atoms with E-state index in [1.54, 1.807) is 65.8 Å². The summed E-state index contributed by atoms with van der Waals surface area (Å²) in [5, 5.41) is 10.9. The maximum Gasteiger partial charge on any atom is 0.407 e. The summed E-state index contributed by atoms with van der Waals surface area (Å²) < 4.78 is 23.0. The van der Waals surface area contributed by atoms with E-state index in [2.05, 4.69) is 21.3 Å². The average Bonchev–Trinajstić information content (AvgIpc) is 3.02. The molecule has 51 heavy (non-hydrogen) atoms. The second-order valence-electron chi connectivity index (χ2n) is 14.1. The normalized spacial score (nSPS) is 16.4. The molecule has 1 aliphatic heterocycles. The number of fused-ring (bicyclic) bond motifs is 5. The predicted octanol–water partition coefficient (Wildman–Crippen LogP) is 2.80. The molecule has 5 amide bonds. The van der Waals surface area contributed by atoms with Gasteiger partial charge in [0.05, 0.1) is 26.2 Å². The first-order valence-electron chi connectivity index (χ1n) is 16.9. The van der Waals surface area contributed by atoms with Crippen LogP contribution < -0.4 is 36.5 Å². The SMILES string of the molecule is CC1Cc2ccc(OCCNC(=O)OC(C)(C)C)c(c2)-c2cc(ccc2OCCNC(=O)OC(C)(C)C)C(N(C)C(=O)CN)C(=O)NCC(=O)N1. The van der Waals surface area contributed by atoms with Crippen LogP contribution in [0.5, 0.6) is 11.5 Å². The number of ether oxygens (including phenoxy) is 4. The summed E-state index contributed by atoms with van der Waals surface area (Å²) in [4.78, 5) is 64.8. The van der Waals surface area contributed by atoms with Gasteiger partial charge in [0.15, 0.2) is 0 Å². The van der Waals surface area contributed by atoms with Gasteiger partial charge in [-0.05, 0) is 90.3 Å². The summed E-state index contributed by atoms with van der Waals surface area (Å²) in [6, 6.07) is 9.15. The molecule has 3 rings (SSSR count). The molecule has 15 nitrogen and oxygen atoms in total. The largest absolute Gasteiger partial charge is 0.491 e. The first kappa shape index (κ1) is 40.4. The number of amides is 5. The first-order chi connectivity index (χ1) is 23.9. The lowest BCUT2D eigenvalue weighted by Gasteiger charge is -2.29. The maximum absolute atomic E-state index is 13.6. The van der Waals surface area contributed by atoms with Crippen molar-refractivity contribution in [2.45, 2.75) is 78.2 Å². The minimum Gasteiger partial charge on any atom is -0.491 e. The van der Waals surface area contributed by atoms with Crippen LogP contribution in [0.25, 0.3) is 11.1 Å². The van der Waals surface area contributed by atoms with Crippen LogP contribution in [0.15, 0.2) is 36.4 Å². The van der Waals surface area contributed by atoms with Crippen molar-refractivity contribution >= 4 is 29.9 Å². The van der Waals surface area contributed by atoms with Crippen LogP contribution >= 0.6 is 0 Å². The third-order valence-corrected chi connectivity index (χ3v) is 7.29. The number of hydrogen-bond donors (Lipinski definition) is 5. The summed E-state index contributed by atoms with van der Waals surface area (Å²) in [5.74, 6) is -0.623. The topological polar surface area (TPSA) is 200 Å². The molecule has 0 saturated carbocycles. The Morgan fingerprint density at radius 1 is 0.863 bits per heavy atom. The van der Waals surface area contributed by atoms with Crippen molar-refractivity contribution in [3.8, 4) is 22.6 Å². The third kappa shape index (κ3) is 13.0. The van der Waals surface area contributed by atoms with Gasteiger partial charge in [0.25, 0.3) is 0 Å². The molecule has 0 radical (unpaired) electrons. The second-order valence-corrected chi connectivity index (χ2v) is 14.1. The number of hydrogen-bond acceptors (Lipinski definition) is 10. The molecule has 0 aromatic heterocycles. The van der Waals surface area contributed by atoms with Crippen LogP contribution in [0.4, 0.5) is 9.59 Å². The molecule has 280 valence electrons. The molecule has 2 atom stereocenters. The Kier molecular flexibility index (Phi) is 14.0. The second kappa shape index (κ2) is 17.7. The quantitative estimate of drug-likeness (QED) is 0.228. The molecule has 1 heterocycles. The summed E-state index contributed by atoms with van der Waals surface area (Å²) in [5.41, 5.74) is 6.75. The molecule has 2 unspecified atom stereocenters. The Labute approximate surface area is 299 Å². The van der Waals surface area contributed by atoms with E-state index >= 15 is 0 Å². The molecule has 2 aromatic carbocycles. The van der Waals surface area contributed by atoms with Gasteiger partial charge < -0.3 is 50.8 Å². The lowest BCUT2D eigenvalue weighted by Crippen LogP contribution is -2.47. The fraction of sp³-hybridized carbons (Fsp3) is 0.528. The molecule has 0 fully saturated rings. The maximum atomic E-state index is 13.6. The summed E-state index contributed by atoms with van der Waals surface area (Å²) in [7, 11) is 1.46. The van der Waals surface area contributed by atoms with Crippen LogP contribution in [0.1, 0.15) is 65.6 Å². The van der Waals surface area contributed by atoms with E-state index in [9.17, 15) is 24.0 Å². The van der Waals surface area contributed by atoms with Gasteiger partial charge in [-0.15, -0.1) is 0 Å². The molecule has 6 N–H and O–H groups in total. The van der Waals surface area contributed by atoms with Crippen molar-refractivity contribution in [3.05, 3.63) is 47.5 Å². The zero-order valence-electron chi connectivity index (χ0n) is 30.8. The number of rotatable bonds is 10. The van der Waals surface area contributed by atoms with E-state index in [-0.39, 0.29) is 51.3 Å². The van der Waals surface area contributed by atoms with Crippen molar-refractivity contribution in [3.63, 3.8) is 0 Å². The smallest absolute Gasteiger partial charge is 0.407 e. The Balaban J connectivity index is 2.08. The van der Waals surface area contributed by atoms with E-state index in [1.165, 1.54) is 11.9 Å². The molecule has 0 saturated heterocycles. The van der Waals surface area contributed by atoms with Gasteiger partial charge in [-0.25, -0.2) is 9.59 Å². The number of alkyl carbamates (subject to hydrolysis) is 2. The lowest BCUT2D eigenvalue weighted by atomic mass is 9.94. The predicted molar refractivity (Wildman–Crippen MR) is 190 cm³/mol. The highest BCUT2D eigenvalue weighted by Crippen LogP contribution is 2.40. The monoisotopic (exact) mass is 712 g/mol. The van der Waals surface area contributed by atoms with Crippen LogP contribution in [0, 0.1) is 0 Å². The molecular weight excluding hydrogens is 660 g/mol. The first-order valence-corrected chi connectivity index (χ1v) is 16.9. The minimum absolute atomic E-state index is 0.0693. The average molecular weight is 713 g/mol. The minimum atomic E-state index is -1.15. The van der Waals surface area contributed by atoms with Gasteiger partial charge in [-0.3, -0.25) is 14.4 Å². The van der Waals surface area contributed by atoms with Crippen LogP contribution in [-0.2, 0) is 30.3 Å². The number of carbonyl (C=O) groups excluding carboxylic acids is 5. The highest BCUT2D eigenvalue weighted by molar-refractivity contribution is 5.92. The number of nitrogens with one attached hydrogen (secondary N) is 4. The number of likely N-dealkylation sites (N-methyl/N-ethyl adjacent to an activating group) is 1. The van der Waals surface area contributed by atoms with Crippen molar-refractivity contribution in [1.82, 2.24) is 26.2 Å². The zero-order chi connectivity index (χ0) is 37.9. The van der Waals surface area contributed by atoms with Gasteiger partial charge in [0.2, 0.25) is 17.7 Å². The van der Waals surface area contributed by atoms with E-state index in [0.717, 1.165) is 5.56 Å². The molecule has 0 aliphatic carbocycles. The fourth-order valence-electron chi connectivity index (χ4n) is 5.18. The fourth-order valence-corrected chi connectivity index (χ4v) is 5.18. The van der Waals surface area contributed by atoms with Gasteiger partial charge in [0, 0.05) is 24.2 Å². The highest BCUT2D eigenvalue weighted by Gasteiger charge is 2.30. The van der Waals surface area contributed by atoms with Crippen molar-refractivity contribution in [2.24, 2.45) is 5.73 Å². The van der Waals surface area contributed by atoms with E-state index in [4.69, 9.17) is 24.7 Å². The molecule has 15 heteroatoms. The van der Waals surface area contributed by atoms with Crippen LogP contribution in [0.3, 0.4) is 0 Å². The molecule has 2 aromatic rings. The Bertz CT molecular complexity index is 1570. The van der Waals surface area contributed by atoms with E-state index < -0.39 is 41.2 Å². The van der Waals surface area contributed by atoms with Crippen LogP contribution in [0.2, 0.25) is 0 Å². The van der Waals surface area contributed by atoms with Crippen molar-refractivity contribution in [1.29, 1.82) is 0 Å². The number of benzene rings is 2. The molecule has 1 aliphatic rings. The number of nitrogens with zero attached hydrogens (tertiary/aromatic N) is 1. The molecule has 0 spiro atoms. The van der Waals surface area contributed by atoms with Gasteiger partial charge >= 0.3 is 12.2 Å². The Morgan fingerprint density at radius 2 is 1.39 bits per heavy atom. The molecular formula is C36H52N6O9. The van der Waals surface area contributed by atoms with Crippen molar-refractivity contribution in [2.75, 3.05) is 46.4 Å². The van der Waals surface area contributed by atoms with Crippen LogP contribution in [-0.4, -0.2) is 98.5 Å². The van der Waals surface area contributed by atoms with Crippen molar-refractivity contribution < 1.29 is 42.9 Å². The van der Waals surface area contributed by atoms with E-state index in [0.29, 0.717) is 34.6 Å². The summed E-state index contributed by atoms with van der Waals surface area (Å²) in [6.45, 7) is 12.3. The van der Waals surface area contributed by atoms with E-state index in [1.807, 2.05) is 19.1 Å².